The number of thioether (sulfide) groups is 1. The van der Waals surface area contributed by atoms with Gasteiger partial charge in [0.15, 0.2) is 0 Å². The molecule has 6 heteroatoms. The number of rotatable bonds is 9. The number of carbonyl (C=O) groups excluding carboxylic acids is 1. The summed E-state index contributed by atoms with van der Waals surface area (Å²) >= 11 is 1.50. The van der Waals surface area contributed by atoms with Crippen LogP contribution in [0.25, 0.3) is 0 Å². The molecule has 0 aliphatic heterocycles. The molecule has 0 fully saturated rings. The van der Waals surface area contributed by atoms with Crippen LogP contribution in [0.4, 0.5) is 5.82 Å². The van der Waals surface area contributed by atoms with Gasteiger partial charge in [0.25, 0.3) is 0 Å². The molecule has 150 valence electrons. The van der Waals surface area contributed by atoms with E-state index < -0.39 is 0 Å². The molecule has 5 nitrogen and oxygen atoms in total. The van der Waals surface area contributed by atoms with Gasteiger partial charge in [-0.05, 0) is 49.4 Å². The molecule has 1 aromatic heterocycles. The summed E-state index contributed by atoms with van der Waals surface area (Å²) in [7, 11) is 1.67. The number of nitriles is 1. The van der Waals surface area contributed by atoms with E-state index in [1.54, 1.807) is 7.11 Å². The molecule has 0 bridgehead atoms. The van der Waals surface area contributed by atoms with Crippen LogP contribution in [-0.4, -0.2) is 29.9 Å². The molecule has 0 unspecified atom stereocenters. The minimum Gasteiger partial charge on any atom is -0.385 e. The van der Waals surface area contributed by atoms with Crippen molar-refractivity contribution in [2.75, 3.05) is 24.8 Å². The summed E-state index contributed by atoms with van der Waals surface area (Å²) in [6, 6.07) is 10.5. The van der Waals surface area contributed by atoms with Crippen LogP contribution in [-0.2, 0) is 16.1 Å². The minimum absolute atomic E-state index is 0.111. The highest BCUT2D eigenvalue weighted by Crippen LogP contribution is 2.27. The van der Waals surface area contributed by atoms with E-state index in [-0.39, 0.29) is 5.91 Å². The molecule has 0 spiro atoms. The summed E-state index contributed by atoms with van der Waals surface area (Å²) < 4.78 is 7.14. The van der Waals surface area contributed by atoms with Gasteiger partial charge in [-0.2, -0.15) is 5.26 Å². The van der Waals surface area contributed by atoms with Crippen LogP contribution in [0.15, 0.2) is 29.2 Å². The second-order valence-electron chi connectivity index (χ2n) is 7.10. The molecular formula is C22H29N3O2S. The molecule has 1 aromatic carbocycles. The van der Waals surface area contributed by atoms with E-state index in [2.05, 4.69) is 49.5 Å². The van der Waals surface area contributed by atoms with Crippen LogP contribution < -0.4 is 5.32 Å². The Kier molecular flexibility index (Phi) is 8.16. The van der Waals surface area contributed by atoms with Crippen LogP contribution in [0.2, 0.25) is 0 Å². The van der Waals surface area contributed by atoms with Crippen LogP contribution in [0.3, 0.4) is 0 Å². The summed E-state index contributed by atoms with van der Waals surface area (Å²) in [5, 5.41) is 12.5. The first-order valence-corrected chi connectivity index (χ1v) is 10.5. The first-order valence-electron chi connectivity index (χ1n) is 9.50. The van der Waals surface area contributed by atoms with Crippen LogP contribution in [0, 0.1) is 25.2 Å². The molecule has 2 aromatic rings. The minimum atomic E-state index is -0.111. The Morgan fingerprint density at radius 2 is 1.96 bits per heavy atom. The maximum atomic E-state index is 12.6. The molecule has 1 amide bonds. The molecule has 0 radical (unpaired) electrons. The number of methoxy groups -OCH3 is 1. The van der Waals surface area contributed by atoms with Gasteiger partial charge in [-0.1, -0.05) is 26.0 Å². The Balaban J connectivity index is 2.08. The van der Waals surface area contributed by atoms with Gasteiger partial charge in [-0.25, -0.2) is 0 Å². The smallest absolute Gasteiger partial charge is 0.235 e. The highest BCUT2D eigenvalue weighted by molar-refractivity contribution is 8.00. The van der Waals surface area contributed by atoms with E-state index in [0.29, 0.717) is 36.2 Å². The number of carbonyl (C=O) groups is 1. The lowest BCUT2D eigenvalue weighted by Gasteiger charge is -2.13. The molecular weight excluding hydrogens is 370 g/mol. The number of hydrogen-bond donors (Lipinski definition) is 1. The predicted octanol–water partition coefficient (Wildman–Crippen LogP) is 4.87. The lowest BCUT2D eigenvalue weighted by molar-refractivity contribution is -0.113. The molecule has 0 aliphatic rings. The van der Waals surface area contributed by atoms with Gasteiger partial charge < -0.3 is 14.6 Å². The zero-order chi connectivity index (χ0) is 20.7. The molecule has 28 heavy (non-hydrogen) atoms. The summed E-state index contributed by atoms with van der Waals surface area (Å²) in [4.78, 5) is 13.6. The number of ether oxygens (including phenoxy) is 1. The summed E-state index contributed by atoms with van der Waals surface area (Å²) in [5.41, 5.74) is 3.73. The van der Waals surface area contributed by atoms with Crippen LogP contribution in [0.1, 0.15) is 48.6 Å². The standard InChI is InChI=1S/C22H29N3O2S/c1-15(2)18-7-9-19(10-8-18)28-14-21(26)24-22-20(13-23)16(3)17(4)25(22)11-6-12-27-5/h7-10,15H,6,11-12,14H2,1-5H3,(H,24,26). The second kappa shape index (κ2) is 10.4. The number of benzene rings is 1. The van der Waals surface area contributed by atoms with E-state index in [0.717, 1.165) is 22.6 Å². The summed E-state index contributed by atoms with van der Waals surface area (Å²) in [6.07, 6.45) is 0.816. The third-order valence-corrected chi connectivity index (χ3v) is 5.86. The monoisotopic (exact) mass is 399 g/mol. The van der Waals surface area contributed by atoms with Crippen molar-refractivity contribution >= 4 is 23.5 Å². The van der Waals surface area contributed by atoms with Crippen molar-refractivity contribution in [2.45, 2.75) is 51.5 Å². The van der Waals surface area contributed by atoms with E-state index in [4.69, 9.17) is 4.74 Å². The van der Waals surface area contributed by atoms with Gasteiger partial charge in [-0.3, -0.25) is 4.79 Å². The number of aromatic nitrogens is 1. The van der Waals surface area contributed by atoms with Crippen LogP contribution in [0.5, 0.6) is 0 Å². The van der Waals surface area contributed by atoms with E-state index >= 15 is 0 Å². The SMILES string of the molecule is COCCCn1c(C)c(C)c(C#N)c1NC(=O)CSc1ccc(C(C)C)cc1. The van der Waals surface area contributed by atoms with Gasteiger partial charge in [0.05, 0.1) is 11.3 Å². The third-order valence-electron chi connectivity index (χ3n) is 4.85. The second-order valence-corrected chi connectivity index (χ2v) is 8.15. The van der Waals surface area contributed by atoms with E-state index in [1.165, 1.54) is 17.3 Å². The number of amides is 1. The van der Waals surface area contributed by atoms with Crippen molar-refractivity contribution < 1.29 is 9.53 Å². The normalized spacial score (nSPS) is 10.9. The zero-order valence-corrected chi connectivity index (χ0v) is 18.2. The van der Waals surface area contributed by atoms with Crippen molar-refractivity contribution in [3.63, 3.8) is 0 Å². The Labute approximate surface area is 172 Å². The molecule has 1 heterocycles. The molecule has 2 rings (SSSR count). The average Bonchev–Trinajstić information content (AvgIpc) is 2.90. The van der Waals surface area contributed by atoms with Gasteiger partial charge in [0.2, 0.25) is 5.91 Å². The Morgan fingerprint density at radius 1 is 1.29 bits per heavy atom. The maximum Gasteiger partial charge on any atom is 0.235 e. The van der Waals surface area contributed by atoms with Gasteiger partial charge >= 0.3 is 0 Å². The number of anilines is 1. The van der Waals surface area contributed by atoms with Gasteiger partial charge in [-0.15, -0.1) is 11.8 Å². The molecule has 0 saturated carbocycles. The van der Waals surface area contributed by atoms with Gasteiger partial charge in [0.1, 0.15) is 11.9 Å². The predicted molar refractivity (Wildman–Crippen MR) is 115 cm³/mol. The lowest BCUT2D eigenvalue weighted by Crippen LogP contribution is -2.18. The zero-order valence-electron chi connectivity index (χ0n) is 17.3. The average molecular weight is 400 g/mol. The van der Waals surface area contributed by atoms with Crippen molar-refractivity contribution in [3.8, 4) is 6.07 Å². The number of nitrogens with zero attached hydrogens (tertiary/aromatic N) is 2. The highest BCUT2D eigenvalue weighted by atomic mass is 32.2. The fraction of sp³-hybridized carbons (Fsp3) is 0.455. The van der Waals surface area contributed by atoms with Gasteiger partial charge in [0, 0.05) is 30.9 Å². The summed E-state index contributed by atoms with van der Waals surface area (Å²) in [6.45, 7) is 9.54. The van der Waals surface area contributed by atoms with Crippen LogP contribution >= 0.6 is 11.8 Å². The Morgan fingerprint density at radius 3 is 2.54 bits per heavy atom. The van der Waals surface area contributed by atoms with E-state index in [9.17, 15) is 10.1 Å². The topological polar surface area (TPSA) is 67.1 Å². The van der Waals surface area contributed by atoms with E-state index in [1.807, 2.05) is 18.4 Å². The first-order chi connectivity index (χ1) is 13.4. The quantitative estimate of drug-likeness (QED) is 0.483. The fourth-order valence-corrected chi connectivity index (χ4v) is 3.74. The number of nitrogens with one attached hydrogen (secondary N) is 1. The fourth-order valence-electron chi connectivity index (χ4n) is 3.04. The molecule has 0 atom stereocenters. The Bertz CT molecular complexity index is 848. The Hall–Kier alpha value is -2.23. The number of hydrogen-bond acceptors (Lipinski definition) is 4. The molecule has 0 saturated heterocycles. The van der Waals surface area contributed by atoms with Crippen molar-refractivity contribution in [2.24, 2.45) is 0 Å². The maximum absolute atomic E-state index is 12.6. The first kappa shape index (κ1) is 22.1. The third kappa shape index (κ3) is 5.40. The van der Waals surface area contributed by atoms with Crippen molar-refractivity contribution in [1.82, 2.24) is 4.57 Å². The lowest BCUT2D eigenvalue weighted by atomic mass is 10.0. The molecule has 1 N–H and O–H groups in total. The van der Waals surface area contributed by atoms with Crippen molar-refractivity contribution in [3.05, 3.63) is 46.6 Å². The van der Waals surface area contributed by atoms with Crippen molar-refractivity contribution in [1.29, 1.82) is 5.26 Å². The highest BCUT2D eigenvalue weighted by Gasteiger charge is 2.19. The molecule has 0 aliphatic carbocycles. The largest absolute Gasteiger partial charge is 0.385 e. The summed E-state index contributed by atoms with van der Waals surface area (Å²) in [5.74, 6) is 1.27.